The fraction of sp³-hybridized carbons (Fsp3) is 0.412. The monoisotopic (exact) mass is 410 g/mol. The normalized spacial score (nSPS) is 16.4. The standard InChI is InChI=1S/C17H22N4O4S2/c1-18-7-9-20(10-8-18)27(24,25)15-5-6-16(17(12-15)21(22)23)19(2)13-14-4-3-11-26-14/h3-6,11-12H,7-10,13H2,1-2H3. The lowest BCUT2D eigenvalue weighted by molar-refractivity contribution is -0.384. The molecule has 0 spiro atoms. The molecule has 1 aromatic carbocycles. The van der Waals surface area contributed by atoms with Gasteiger partial charge in [-0.3, -0.25) is 10.1 Å². The molecule has 0 aliphatic carbocycles. The number of likely N-dealkylation sites (N-methyl/N-ethyl adjacent to an activating group) is 1. The smallest absolute Gasteiger partial charge is 0.293 e. The molecule has 1 aromatic heterocycles. The van der Waals surface area contributed by atoms with Gasteiger partial charge in [-0.05, 0) is 30.6 Å². The van der Waals surface area contributed by atoms with Gasteiger partial charge >= 0.3 is 0 Å². The number of nitro benzene ring substituents is 1. The third kappa shape index (κ3) is 4.29. The van der Waals surface area contributed by atoms with E-state index in [0.29, 0.717) is 38.4 Å². The molecule has 0 unspecified atom stereocenters. The van der Waals surface area contributed by atoms with Crippen molar-refractivity contribution in [2.45, 2.75) is 11.4 Å². The Morgan fingerprint density at radius 3 is 2.52 bits per heavy atom. The van der Waals surface area contributed by atoms with Crippen LogP contribution in [0.25, 0.3) is 0 Å². The van der Waals surface area contributed by atoms with Gasteiger partial charge in [-0.1, -0.05) is 6.07 Å². The Hall–Kier alpha value is -2.01. The predicted molar refractivity (Wildman–Crippen MR) is 106 cm³/mol. The minimum atomic E-state index is -3.75. The van der Waals surface area contributed by atoms with E-state index in [1.807, 2.05) is 24.6 Å². The SMILES string of the molecule is CN1CCN(S(=O)(=O)c2ccc(N(C)Cc3cccs3)c([N+](=O)[O-])c2)CC1. The number of hydrogen-bond acceptors (Lipinski definition) is 7. The van der Waals surface area contributed by atoms with Crippen molar-refractivity contribution >= 4 is 32.7 Å². The van der Waals surface area contributed by atoms with Crippen molar-refractivity contribution in [3.8, 4) is 0 Å². The van der Waals surface area contributed by atoms with Crippen LogP contribution in [-0.2, 0) is 16.6 Å². The third-order valence-corrected chi connectivity index (χ3v) is 7.38. The second-order valence-electron chi connectivity index (χ2n) is 6.55. The van der Waals surface area contributed by atoms with Gasteiger partial charge in [0.05, 0.1) is 16.4 Å². The number of nitro groups is 1. The summed E-state index contributed by atoms with van der Waals surface area (Å²) in [6, 6.07) is 8.04. The van der Waals surface area contributed by atoms with Crippen molar-refractivity contribution in [2.75, 3.05) is 45.2 Å². The Morgan fingerprint density at radius 2 is 1.93 bits per heavy atom. The van der Waals surface area contributed by atoms with Gasteiger partial charge in [0, 0.05) is 44.2 Å². The molecule has 0 radical (unpaired) electrons. The van der Waals surface area contributed by atoms with Gasteiger partial charge in [0.25, 0.3) is 5.69 Å². The summed E-state index contributed by atoms with van der Waals surface area (Å²) < 4.78 is 27.1. The third-order valence-electron chi connectivity index (χ3n) is 4.63. The average molecular weight is 411 g/mol. The van der Waals surface area contributed by atoms with Crippen LogP contribution in [0.3, 0.4) is 0 Å². The number of benzene rings is 1. The number of sulfonamides is 1. The number of rotatable bonds is 6. The first-order valence-corrected chi connectivity index (χ1v) is 10.8. The summed E-state index contributed by atoms with van der Waals surface area (Å²) in [5, 5.41) is 13.5. The first-order valence-electron chi connectivity index (χ1n) is 8.49. The molecular formula is C17H22N4O4S2. The van der Waals surface area contributed by atoms with Gasteiger partial charge in [0.2, 0.25) is 10.0 Å². The summed E-state index contributed by atoms with van der Waals surface area (Å²) in [7, 11) is -0.0500. The molecule has 0 N–H and O–H groups in total. The van der Waals surface area contributed by atoms with Gasteiger partial charge in [-0.25, -0.2) is 8.42 Å². The Balaban J connectivity index is 1.90. The molecule has 0 saturated carbocycles. The summed E-state index contributed by atoms with van der Waals surface area (Å²) in [5.41, 5.74) is 0.190. The fourth-order valence-corrected chi connectivity index (χ4v) is 5.23. The number of hydrogen-bond donors (Lipinski definition) is 0. The van der Waals surface area contributed by atoms with E-state index in [-0.39, 0.29) is 10.6 Å². The van der Waals surface area contributed by atoms with E-state index < -0.39 is 14.9 Å². The topological polar surface area (TPSA) is 87.0 Å². The quantitative estimate of drug-likeness (QED) is 0.536. The molecule has 27 heavy (non-hydrogen) atoms. The molecule has 146 valence electrons. The Morgan fingerprint density at radius 1 is 1.22 bits per heavy atom. The van der Waals surface area contributed by atoms with Crippen LogP contribution in [0.4, 0.5) is 11.4 Å². The first kappa shape index (κ1) is 19.7. The zero-order valence-electron chi connectivity index (χ0n) is 15.2. The van der Waals surface area contributed by atoms with E-state index >= 15 is 0 Å². The van der Waals surface area contributed by atoms with Crippen molar-refractivity contribution in [1.29, 1.82) is 0 Å². The summed E-state index contributed by atoms with van der Waals surface area (Å²) in [6.07, 6.45) is 0. The molecule has 0 atom stereocenters. The average Bonchev–Trinajstić information content (AvgIpc) is 3.14. The van der Waals surface area contributed by atoms with Crippen molar-refractivity contribution < 1.29 is 13.3 Å². The minimum Gasteiger partial charge on any atom is -0.364 e. The molecule has 1 aliphatic rings. The molecule has 1 fully saturated rings. The van der Waals surface area contributed by atoms with Gasteiger partial charge in [-0.2, -0.15) is 4.31 Å². The zero-order chi connectivity index (χ0) is 19.6. The van der Waals surface area contributed by atoms with E-state index in [1.54, 1.807) is 23.3 Å². The Kier molecular flexibility index (Phi) is 5.80. The van der Waals surface area contributed by atoms with Crippen LogP contribution in [0.2, 0.25) is 0 Å². The highest BCUT2D eigenvalue weighted by molar-refractivity contribution is 7.89. The summed E-state index contributed by atoms with van der Waals surface area (Å²) in [5.74, 6) is 0. The van der Waals surface area contributed by atoms with Gasteiger partial charge in [0.1, 0.15) is 5.69 Å². The van der Waals surface area contributed by atoms with E-state index in [0.717, 1.165) is 4.88 Å². The highest BCUT2D eigenvalue weighted by Gasteiger charge is 2.30. The molecule has 2 heterocycles. The van der Waals surface area contributed by atoms with Crippen LogP contribution in [0.15, 0.2) is 40.6 Å². The molecule has 1 saturated heterocycles. The minimum absolute atomic E-state index is 0.0352. The van der Waals surface area contributed by atoms with Gasteiger partial charge < -0.3 is 9.80 Å². The van der Waals surface area contributed by atoms with E-state index in [2.05, 4.69) is 4.90 Å². The predicted octanol–water partition coefficient (Wildman–Crippen LogP) is 2.23. The van der Waals surface area contributed by atoms with Crippen molar-refractivity contribution in [3.05, 3.63) is 50.7 Å². The Labute approximate surface area is 162 Å². The van der Waals surface area contributed by atoms with E-state index in [4.69, 9.17) is 0 Å². The second kappa shape index (κ2) is 7.93. The summed E-state index contributed by atoms with van der Waals surface area (Å²) in [6.45, 7) is 2.56. The maximum atomic E-state index is 12.9. The second-order valence-corrected chi connectivity index (χ2v) is 9.52. The molecule has 2 aromatic rings. The molecule has 3 rings (SSSR count). The molecule has 10 heteroatoms. The van der Waals surface area contributed by atoms with Crippen molar-refractivity contribution in [1.82, 2.24) is 9.21 Å². The van der Waals surface area contributed by atoms with Crippen LogP contribution in [-0.4, -0.2) is 62.8 Å². The number of thiophene rings is 1. The van der Waals surface area contributed by atoms with Crippen molar-refractivity contribution in [2.24, 2.45) is 0 Å². The van der Waals surface area contributed by atoms with Crippen LogP contribution in [0.1, 0.15) is 4.88 Å². The highest BCUT2D eigenvalue weighted by atomic mass is 32.2. The summed E-state index contributed by atoms with van der Waals surface area (Å²) in [4.78, 5) is 15.9. The highest BCUT2D eigenvalue weighted by Crippen LogP contribution is 2.32. The lowest BCUT2D eigenvalue weighted by Crippen LogP contribution is -2.47. The number of piperazine rings is 1. The van der Waals surface area contributed by atoms with Gasteiger partial charge in [-0.15, -0.1) is 11.3 Å². The molecule has 1 aliphatic heterocycles. The number of anilines is 1. The molecular weight excluding hydrogens is 388 g/mol. The maximum absolute atomic E-state index is 12.9. The first-order chi connectivity index (χ1) is 12.8. The number of nitrogens with zero attached hydrogens (tertiary/aromatic N) is 4. The molecule has 0 bridgehead atoms. The lowest BCUT2D eigenvalue weighted by atomic mass is 10.2. The van der Waals surface area contributed by atoms with Gasteiger partial charge in [0.15, 0.2) is 0 Å². The maximum Gasteiger partial charge on any atom is 0.293 e. The largest absolute Gasteiger partial charge is 0.364 e. The van der Waals surface area contributed by atoms with E-state index in [9.17, 15) is 18.5 Å². The van der Waals surface area contributed by atoms with Crippen LogP contribution < -0.4 is 4.90 Å². The van der Waals surface area contributed by atoms with E-state index in [1.165, 1.54) is 22.5 Å². The summed E-state index contributed by atoms with van der Waals surface area (Å²) >= 11 is 1.57. The zero-order valence-corrected chi connectivity index (χ0v) is 16.9. The van der Waals surface area contributed by atoms with Crippen molar-refractivity contribution in [3.63, 3.8) is 0 Å². The fourth-order valence-electron chi connectivity index (χ4n) is 3.03. The van der Waals surface area contributed by atoms with Crippen LogP contribution in [0.5, 0.6) is 0 Å². The lowest BCUT2D eigenvalue weighted by Gasteiger charge is -2.31. The Bertz CT molecular complexity index is 907. The molecule has 8 nitrogen and oxygen atoms in total. The molecule has 0 amide bonds. The van der Waals surface area contributed by atoms with Crippen LogP contribution >= 0.6 is 11.3 Å². The van der Waals surface area contributed by atoms with Crippen LogP contribution in [0, 0.1) is 10.1 Å².